The fourth-order valence-corrected chi connectivity index (χ4v) is 3.27. The van der Waals surface area contributed by atoms with E-state index in [1.165, 1.54) is 24.3 Å². The lowest BCUT2D eigenvalue weighted by molar-refractivity contribution is -0.255. The second-order valence-electron chi connectivity index (χ2n) is 4.74. The topological polar surface area (TPSA) is 86.3 Å². The molecule has 0 unspecified atom stereocenters. The van der Waals surface area contributed by atoms with Crippen molar-refractivity contribution in [1.29, 1.82) is 0 Å². The van der Waals surface area contributed by atoms with Crippen LogP contribution in [0.15, 0.2) is 47.4 Å². The molecule has 0 heterocycles. The molecule has 2 aromatic rings. The molecule has 0 saturated heterocycles. The van der Waals surface area contributed by atoms with Crippen molar-refractivity contribution in [2.75, 3.05) is 4.72 Å². The maximum Gasteiger partial charge on any atom is 0.262 e. The number of aromatic carboxylic acids is 1. The summed E-state index contributed by atoms with van der Waals surface area (Å²) in [7, 11) is -3.71. The monoisotopic (exact) mass is 304 g/mol. The number of anilines is 1. The van der Waals surface area contributed by atoms with Crippen LogP contribution in [-0.4, -0.2) is 14.4 Å². The highest BCUT2D eigenvalue weighted by Crippen LogP contribution is 2.20. The first-order chi connectivity index (χ1) is 9.79. The van der Waals surface area contributed by atoms with Crippen LogP contribution in [0.2, 0.25) is 0 Å². The number of hydrogen-bond acceptors (Lipinski definition) is 4. The molecule has 0 aliphatic carbocycles. The quantitative estimate of drug-likeness (QED) is 0.926. The Kier molecular flexibility index (Phi) is 3.99. The zero-order valence-corrected chi connectivity index (χ0v) is 12.4. The van der Waals surface area contributed by atoms with Gasteiger partial charge in [0, 0.05) is 5.69 Å². The molecule has 0 radical (unpaired) electrons. The molecule has 2 rings (SSSR count). The van der Waals surface area contributed by atoms with Crippen LogP contribution >= 0.6 is 0 Å². The Balaban J connectivity index is 2.33. The van der Waals surface area contributed by atoms with Crippen LogP contribution in [0.4, 0.5) is 5.69 Å². The summed E-state index contributed by atoms with van der Waals surface area (Å²) in [6.07, 6.45) is 0. The van der Waals surface area contributed by atoms with E-state index in [2.05, 4.69) is 4.72 Å². The van der Waals surface area contributed by atoms with Crippen molar-refractivity contribution in [3.8, 4) is 0 Å². The lowest BCUT2D eigenvalue weighted by atomic mass is 10.2. The summed E-state index contributed by atoms with van der Waals surface area (Å²) in [6.45, 7) is 3.53. The number of benzene rings is 2. The largest absolute Gasteiger partial charge is 0.545 e. The van der Waals surface area contributed by atoms with Crippen molar-refractivity contribution < 1.29 is 18.3 Å². The Morgan fingerprint density at radius 2 is 1.67 bits per heavy atom. The zero-order valence-electron chi connectivity index (χ0n) is 11.6. The Morgan fingerprint density at radius 3 is 2.24 bits per heavy atom. The summed E-state index contributed by atoms with van der Waals surface area (Å²) >= 11 is 0. The maximum absolute atomic E-state index is 12.4. The van der Waals surface area contributed by atoms with Gasteiger partial charge >= 0.3 is 0 Å². The lowest BCUT2D eigenvalue weighted by Crippen LogP contribution is -2.22. The van der Waals surface area contributed by atoms with E-state index in [1.807, 2.05) is 13.0 Å². The molecule has 0 aliphatic rings. The highest BCUT2D eigenvalue weighted by molar-refractivity contribution is 7.92. The third-order valence-electron chi connectivity index (χ3n) is 3.01. The first-order valence-corrected chi connectivity index (χ1v) is 7.69. The van der Waals surface area contributed by atoms with Gasteiger partial charge in [-0.05, 0) is 48.7 Å². The van der Waals surface area contributed by atoms with Crippen molar-refractivity contribution >= 4 is 21.7 Å². The predicted octanol–water partition coefficient (Wildman–Crippen LogP) is 1.47. The minimum atomic E-state index is -3.71. The normalized spacial score (nSPS) is 11.1. The molecule has 2 aromatic carbocycles. The highest BCUT2D eigenvalue weighted by atomic mass is 32.2. The van der Waals surface area contributed by atoms with Crippen LogP contribution in [0.3, 0.4) is 0 Å². The van der Waals surface area contributed by atoms with E-state index in [0.717, 1.165) is 5.56 Å². The smallest absolute Gasteiger partial charge is 0.262 e. The molecule has 0 spiro atoms. The second kappa shape index (κ2) is 5.57. The molecule has 21 heavy (non-hydrogen) atoms. The van der Waals surface area contributed by atoms with E-state index in [0.29, 0.717) is 11.3 Å². The number of rotatable bonds is 4. The first-order valence-electron chi connectivity index (χ1n) is 6.21. The minimum absolute atomic E-state index is 0.00955. The molecule has 5 nitrogen and oxygen atoms in total. The highest BCUT2D eigenvalue weighted by Gasteiger charge is 2.17. The van der Waals surface area contributed by atoms with E-state index < -0.39 is 16.0 Å². The number of carboxylic acid groups (broad SMARTS) is 1. The Labute approximate surface area is 123 Å². The number of sulfonamides is 1. The summed E-state index contributed by atoms with van der Waals surface area (Å²) in [5, 5.41) is 10.7. The van der Waals surface area contributed by atoms with Gasteiger partial charge in [0.25, 0.3) is 10.0 Å². The fourth-order valence-electron chi connectivity index (χ4n) is 1.88. The summed E-state index contributed by atoms with van der Waals surface area (Å²) in [6, 6.07) is 10.5. The van der Waals surface area contributed by atoms with Gasteiger partial charge in [-0.25, -0.2) is 8.42 Å². The Hall–Kier alpha value is -2.34. The molecule has 110 valence electrons. The predicted molar refractivity (Wildman–Crippen MR) is 77.5 cm³/mol. The van der Waals surface area contributed by atoms with E-state index in [-0.39, 0.29) is 10.5 Å². The maximum atomic E-state index is 12.4. The number of hydrogen-bond donors (Lipinski definition) is 1. The third-order valence-corrected chi connectivity index (χ3v) is 4.53. The van der Waals surface area contributed by atoms with Crippen LogP contribution in [0.1, 0.15) is 21.5 Å². The molecular weight excluding hydrogens is 290 g/mol. The fraction of sp³-hybridized carbons (Fsp3) is 0.133. The van der Waals surface area contributed by atoms with Crippen LogP contribution < -0.4 is 9.83 Å². The number of aryl methyl sites for hydroxylation is 2. The molecule has 0 bridgehead atoms. The Bertz CT molecular complexity index is 780. The zero-order chi connectivity index (χ0) is 15.6. The second-order valence-corrected chi connectivity index (χ2v) is 6.39. The van der Waals surface area contributed by atoms with Gasteiger partial charge in [-0.1, -0.05) is 24.3 Å². The summed E-state index contributed by atoms with van der Waals surface area (Å²) in [5.74, 6) is -1.31. The first kappa shape index (κ1) is 15.1. The van der Waals surface area contributed by atoms with Gasteiger partial charge < -0.3 is 9.90 Å². The summed E-state index contributed by atoms with van der Waals surface area (Å²) < 4.78 is 27.1. The standard InChI is InChI=1S/C15H15NO4S/c1-10-3-4-11(2)14(9-10)21(19,20)16-13-7-5-12(6-8-13)15(17)18/h3-9,16H,1-2H3,(H,17,18)/p-1. The number of carboxylic acids is 1. The average Bonchev–Trinajstić information content (AvgIpc) is 2.41. The molecular formula is C15H14NO4S-. The van der Waals surface area contributed by atoms with Gasteiger partial charge in [-0.3, -0.25) is 4.72 Å². The van der Waals surface area contributed by atoms with Gasteiger partial charge in [0.15, 0.2) is 0 Å². The van der Waals surface area contributed by atoms with Crippen LogP contribution in [0.5, 0.6) is 0 Å². The van der Waals surface area contributed by atoms with Gasteiger partial charge in [0.2, 0.25) is 0 Å². The molecule has 1 N–H and O–H groups in total. The van der Waals surface area contributed by atoms with Gasteiger partial charge in [0.1, 0.15) is 0 Å². The van der Waals surface area contributed by atoms with Crippen LogP contribution in [0.25, 0.3) is 0 Å². The van der Waals surface area contributed by atoms with Gasteiger partial charge in [-0.15, -0.1) is 0 Å². The molecule has 6 heteroatoms. The average molecular weight is 304 g/mol. The van der Waals surface area contributed by atoms with E-state index in [4.69, 9.17) is 0 Å². The van der Waals surface area contributed by atoms with Crippen molar-refractivity contribution in [3.63, 3.8) is 0 Å². The lowest BCUT2D eigenvalue weighted by Gasteiger charge is -2.11. The third kappa shape index (κ3) is 3.41. The van der Waals surface area contributed by atoms with Gasteiger partial charge in [0.05, 0.1) is 10.9 Å². The number of carbonyl (C=O) groups is 1. The number of nitrogens with one attached hydrogen (secondary N) is 1. The minimum Gasteiger partial charge on any atom is -0.545 e. The molecule has 0 aliphatic heterocycles. The van der Waals surface area contributed by atoms with Crippen molar-refractivity contribution in [2.24, 2.45) is 0 Å². The van der Waals surface area contributed by atoms with Crippen molar-refractivity contribution in [3.05, 3.63) is 59.2 Å². The van der Waals surface area contributed by atoms with E-state index >= 15 is 0 Å². The molecule has 0 fully saturated rings. The van der Waals surface area contributed by atoms with E-state index in [9.17, 15) is 18.3 Å². The SMILES string of the molecule is Cc1ccc(C)c(S(=O)(=O)Nc2ccc(C(=O)[O-])cc2)c1. The van der Waals surface area contributed by atoms with E-state index in [1.54, 1.807) is 19.1 Å². The summed E-state index contributed by atoms with van der Waals surface area (Å²) in [5.41, 5.74) is 1.76. The number of carbonyl (C=O) groups excluding carboxylic acids is 1. The van der Waals surface area contributed by atoms with Crippen LogP contribution in [-0.2, 0) is 10.0 Å². The molecule has 0 saturated carbocycles. The molecule has 0 aromatic heterocycles. The molecule has 0 amide bonds. The Morgan fingerprint density at radius 1 is 1.05 bits per heavy atom. The van der Waals surface area contributed by atoms with Crippen molar-refractivity contribution in [2.45, 2.75) is 18.7 Å². The van der Waals surface area contributed by atoms with Crippen molar-refractivity contribution in [1.82, 2.24) is 0 Å². The summed E-state index contributed by atoms with van der Waals surface area (Å²) in [4.78, 5) is 10.9. The molecule has 0 atom stereocenters. The van der Waals surface area contributed by atoms with Crippen LogP contribution in [0, 0.1) is 13.8 Å². The van der Waals surface area contributed by atoms with Gasteiger partial charge in [-0.2, -0.15) is 0 Å².